The van der Waals surface area contributed by atoms with Gasteiger partial charge in [-0.2, -0.15) is 0 Å². The summed E-state index contributed by atoms with van der Waals surface area (Å²) in [4.78, 5) is 7.15. The van der Waals surface area contributed by atoms with Gasteiger partial charge in [0.25, 0.3) is 6.02 Å². The lowest BCUT2D eigenvalue weighted by Crippen LogP contribution is -2.39. The zero-order valence-electron chi connectivity index (χ0n) is 13.3. The van der Waals surface area contributed by atoms with E-state index >= 15 is 0 Å². The highest BCUT2D eigenvalue weighted by molar-refractivity contribution is 5.77. The molecule has 4 rings (SSSR count). The maximum Gasteiger partial charge on any atom is 0.288 e. The summed E-state index contributed by atoms with van der Waals surface area (Å²) in [6, 6.07) is 22.2. The van der Waals surface area contributed by atoms with E-state index in [1.54, 1.807) is 0 Å². The third-order valence-electron chi connectivity index (χ3n) is 4.74. The van der Waals surface area contributed by atoms with E-state index in [9.17, 15) is 0 Å². The molecule has 0 aromatic heterocycles. The van der Waals surface area contributed by atoms with Crippen molar-refractivity contribution >= 4 is 6.02 Å². The molecule has 2 aliphatic rings. The van der Waals surface area contributed by atoms with Crippen LogP contribution in [0.3, 0.4) is 0 Å². The highest BCUT2D eigenvalue weighted by atomic mass is 16.5. The van der Waals surface area contributed by atoms with Gasteiger partial charge in [-0.1, -0.05) is 60.7 Å². The highest BCUT2D eigenvalue weighted by Crippen LogP contribution is 2.37. The number of hydrogen-bond donors (Lipinski definition) is 0. The van der Waals surface area contributed by atoms with Gasteiger partial charge in [0, 0.05) is 6.54 Å². The fourth-order valence-electron chi connectivity index (χ4n) is 3.57. The molecule has 2 heterocycles. The summed E-state index contributed by atoms with van der Waals surface area (Å²) in [7, 11) is 0. The van der Waals surface area contributed by atoms with Crippen LogP contribution < -0.4 is 0 Å². The summed E-state index contributed by atoms with van der Waals surface area (Å²) in [6.45, 7) is 1.74. The molecule has 2 aromatic carbocycles. The predicted molar refractivity (Wildman–Crippen MR) is 92.2 cm³/mol. The molecule has 0 amide bonds. The number of rotatable bonds is 3. The molecule has 0 unspecified atom stereocenters. The molecule has 2 fully saturated rings. The Bertz CT molecular complexity index is 669. The van der Waals surface area contributed by atoms with Crippen molar-refractivity contribution < 1.29 is 4.74 Å². The average molecular weight is 306 g/mol. The maximum absolute atomic E-state index is 6.29. The Labute approximate surface area is 137 Å². The molecule has 3 nitrogen and oxygen atoms in total. The Kier molecular flexibility index (Phi) is 4.01. The van der Waals surface area contributed by atoms with Gasteiger partial charge in [0.1, 0.15) is 6.10 Å². The predicted octanol–water partition coefficient (Wildman–Crippen LogP) is 4.17. The smallest absolute Gasteiger partial charge is 0.288 e. The third-order valence-corrected chi connectivity index (χ3v) is 4.74. The number of amidine groups is 1. The largest absolute Gasteiger partial charge is 0.455 e. The molecule has 23 heavy (non-hydrogen) atoms. The van der Waals surface area contributed by atoms with Crippen LogP contribution in [-0.2, 0) is 11.3 Å². The first-order valence-corrected chi connectivity index (χ1v) is 8.48. The number of aliphatic imine (C=N–C) groups is 1. The first kappa shape index (κ1) is 14.3. The molecule has 0 aliphatic carbocycles. The standard InChI is InChI=1S/C20H22N2O/c1-3-9-16(10-4-1)15-21-20-22-14-8-7-13-18(22)19(23-20)17-11-5-2-6-12-17/h1-6,9-12,18-19H,7-8,13-15H2/t18-,19-/m1/s1. The normalized spacial score (nSPS) is 25.2. The van der Waals surface area contributed by atoms with Crippen LogP contribution in [0, 0.1) is 0 Å². The van der Waals surface area contributed by atoms with E-state index in [-0.39, 0.29) is 6.10 Å². The van der Waals surface area contributed by atoms with E-state index < -0.39 is 0 Å². The van der Waals surface area contributed by atoms with Gasteiger partial charge >= 0.3 is 0 Å². The molecular formula is C20H22N2O. The zero-order chi connectivity index (χ0) is 15.5. The van der Waals surface area contributed by atoms with Crippen LogP contribution in [0.25, 0.3) is 0 Å². The van der Waals surface area contributed by atoms with Crippen LogP contribution in [0.1, 0.15) is 36.5 Å². The van der Waals surface area contributed by atoms with E-state index in [0.29, 0.717) is 12.6 Å². The van der Waals surface area contributed by atoms with Gasteiger partial charge < -0.3 is 9.64 Å². The van der Waals surface area contributed by atoms with Gasteiger partial charge in [0.15, 0.2) is 0 Å². The van der Waals surface area contributed by atoms with Crippen LogP contribution in [0.2, 0.25) is 0 Å². The van der Waals surface area contributed by atoms with Gasteiger partial charge in [-0.25, -0.2) is 4.99 Å². The number of piperidine rings is 1. The zero-order valence-corrected chi connectivity index (χ0v) is 13.3. The summed E-state index contributed by atoms with van der Waals surface area (Å²) in [5.74, 6) is 0. The van der Waals surface area contributed by atoms with Gasteiger partial charge in [0.05, 0.1) is 12.6 Å². The monoisotopic (exact) mass is 306 g/mol. The third kappa shape index (κ3) is 2.96. The first-order chi connectivity index (χ1) is 11.4. The molecular weight excluding hydrogens is 284 g/mol. The number of ether oxygens (including phenoxy) is 1. The van der Waals surface area contributed by atoms with Crippen molar-refractivity contribution in [3.05, 3.63) is 71.8 Å². The number of hydrogen-bond acceptors (Lipinski definition) is 2. The lowest BCUT2D eigenvalue weighted by Gasteiger charge is -2.30. The van der Waals surface area contributed by atoms with Crippen LogP contribution in [0.15, 0.2) is 65.7 Å². The van der Waals surface area contributed by atoms with Crippen LogP contribution in [0.4, 0.5) is 0 Å². The van der Waals surface area contributed by atoms with Crippen LogP contribution in [0.5, 0.6) is 0 Å². The van der Waals surface area contributed by atoms with Crippen molar-refractivity contribution in [2.24, 2.45) is 4.99 Å². The molecule has 2 atom stereocenters. The molecule has 0 saturated carbocycles. The van der Waals surface area contributed by atoms with Crippen molar-refractivity contribution in [3.8, 4) is 0 Å². The molecule has 0 radical (unpaired) electrons. The van der Waals surface area contributed by atoms with E-state index in [4.69, 9.17) is 9.73 Å². The van der Waals surface area contributed by atoms with E-state index in [1.807, 2.05) is 6.07 Å². The molecule has 0 N–H and O–H groups in total. The van der Waals surface area contributed by atoms with E-state index in [2.05, 4.69) is 59.5 Å². The van der Waals surface area contributed by atoms with Crippen LogP contribution in [-0.4, -0.2) is 23.5 Å². The Balaban J connectivity index is 1.58. The van der Waals surface area contributed by atoms with Crippen molar-refractivity contribution in [1.29, 1.82) is 0 Å². The van der Waals surface area contributed by atoms with Crippen molar-refractivity contribution in [3.63, 3.8) is 0 Å². The first-order valence-electron chi connectivity index (χ1n) is 8.48. The quantitative estimate of drug-likeness (QED) is 0.850. The lowest BCUT2D eigenvalue weighted by atomic mass is 9.94. The number of nitrogens with zero attached hydrogens (tertiary/aromatic N) is 2. The Morgan fingerprint density at radius 1 is 0.957 bits per heavy atom. The SMILES string of the molecule is c1ccc(CN=C2O[C@H](c3ccccc3)[C@H]3CCCCN23)cc1. The molecule has 118 valence electrons. The Morgan fingerprint density at radius 2 is 1.70 bits per heavy atom. The van der Waals surface area contributed by atoms with Gasteiger partial charge in [-0.05, 0) is 30.4 Å². The fourth-order valence-corrected chi connectivity index (χ4v) is 3.57. The highest BCUT2D eigenvalue weighted by Gasteiger charge is 2.41. The van der Waals surface area contributed by atoms with Gasteiger partial charge in [-0.3, -0.25) is 0 Å². The minimum atomic E-state index is 0.117. The summed E-state index contributed by atoms with van der Waals surface area (Å²) in [5, 5.41) is 0. The van der Waals surface area contributed by atoms with Crippen molar-refractivity contribution in [2.75, 3.05) is 6.54 Å². The maximum atomic E-state index is 6.29. The second-order valence-electron chi connectivity index (χ2n) is 6.29. The van der Waals surface area contributed by atoms with Crippen molar-refractivity contribution in [1.82, 2.24) is 4.90 Å². The molecule has 0 spiro atoms. The summed E-state index contributed by atoms with van der Waals surface area (Å²) in [5.41, 5.74) is 2.48. The minimum absolute atomic E-state index is 0.117. The summed E-state index contributed by atoms with van der Waals surface area (Å²) >= 11 is 0. The topological polar surface area (TPSA) is 24.8 Å². The summed E-state index contributed by atoms with van der Waals surface area (Å²) in [6.07, 6.45) is 3.81. The molecule has 2 aromatic rings. The van der Waals surface area contributed by atoms with Gasteiger partial charge in [0.2, 0.25) is 0 Å². The minimum Gasteiger partial charge on any atom is -0.455 e. The average Bonchev–Trinajstić information content (AvgIpc) is 3.01. The number of benzene rings is 2. The Morgan fingerprint density at radius 3 is 2.48 bits per heavy atom. The van der Waals surface area contributed by atoms with Gasteiger partial charge in [-0.15, -0.1) is 0 Å². The fraction of sp³-hybridized carbons (Fsp3) is 0.350. The van der Waals surface area contributed by atoms with Crippen LogP contribution >= 0.6 is 0 Å². The second kappa shape index (κ2) is 6.45. The van der Waals surface area contributed by atoms with Crippen molar-refractivity contribution in [2.45, 2.75) is 38.0 Å². The molecule has 3 heteroatoms. The number of fused-ring (bicyclic) bond motifs is 1. The Hall–Kier alpha value is -2.29. The summed E-state index contributed by atoms with van der Waals surface area (Å²) < 4.78 is 6.29. The molecule has 2 aliphatic heterocycles. The molecule has 0 bridgehead atoms. The van der Waals surface area contributed by atoms with E-state index in [1.165, 1.54) is 30.4 Å². The van der Waals surface area contributed by atoms with E-state index in [0.717, 1.165) is 12.6 Å². The second-order valence-corrected chi connectivity index (χ2v) is 6.29. The molecule has 2 saturated heterocycles. The lowest BCUT2D eigenvalue weighted by molar-refractivity contribution is 0.168.